The second kappa shape index (κ2) is 6.85. The number of aliphatic hydroxyl groups is 1. The molecule has 6 heteroatoms. The fourth-order valence-electron chi connectivity index (χ4n) is 2.33. The van der Waals surface area contributed by atoms with Crippen LogP contribution in [0, 0.1) is 6.92 Å². The molecular weight excluding hydrogens is 256 g/mol. The lowest BCUT2D eigenvalue weighted by atomic mass is 9.91. The zero-order chi connectivity index (χ0) is 14.4. The van der Waals surface area contributed by atoms with Gasteiger partial charge in [-0.15, -0.1) is 0 Å². The number of anilines is 2. The average Bonchev–Trinajstić information content (AvgIpc) is 2.45. The third kappa shape index (κ3) is 3.80. The van der Waals surface area contributed by atoms with Crippen molar-refractivity contribution >= 4 is 11.6 Å². The first-order valence-corrected chi connectivity index (χ1v) is 7.24. The second-order valence-electron chi connectivity index (χ2n) is 5.29. The predicted molar refractivity (Wildman–Crippen MR) is 79.0 cm³/mol. The first-order valence-electron chi connectivity index (χ1n) is 7.24. The second-order valence-corrected chi connectivity index (χ2v) is 5.29. The Bertz CT molecular complexity index is 433. The Hall–Kier alpha value is -1.40. The summed E-state index contributed by atoms with van der Waals surface area (Å²) in [6.45, 7) is 6.28. The summed E-state index contributed by atoms with van der Waals surface area (Å²) >= 11 is 0. The van der Waals surface area contributed by atoms with Crippen molar-refractivity contribution in [2.75, 3.05) is 37.0 Å². The van der Waals surface area contributed by atoms with Crippen molar-refractivity contribution in [3.8, 4) is 0 Å². The van der Waals surface area contributed by atoms with Crippen LogP contribution in [-0.4, -0.2) is 47.0 Å². The SMILES string of the molecule is CCCNc1cc(NC2(CO)CCOCC2)nc(C)n1. The van der Waals surface area contributed by atoms with Gasteiger partial charge in [0.1, 0.15) is 17.5 Å². The van der Waals surface area contributed by atoms with Crippen molar-refractivity contribution in [3.05, 3.63) is 11.9 Å². The van der Waals surface area contributed by atoms with Crippen LogP contribution in [0.5, 0.6) is 0 Å². The molecule has 2 heterocycles. The molecule has 1 aromatic rings. The smallest absolute Gasteiger partial charge is 0.132 e. The van der Waals surface area contributed by atoms with E-state index in [1.807, 2.05) is 13.0 Å². The quantitative estimate of drug-likeness (QED) is 0.734. The number of ether oxygens (including phenoxy) is 1. The summed E-state index contributed by atoms with van der Waals surface area (Å²) in [5.41, 5.74) is -0.332. The normalized spacial score (nSPS) is 17.8. The fraction of sp³-hybridized carbons (Fsp3) is 0.714. The maximum atomic E-state index is 9.71. The van der Waals surface area contributed by atoms with Gasteiger partial charge in [-0.1, -0.05) is 6.92 Å². The van der Waals surface area contributed by atoms with Gasteiger partial charge in [-0.3, -0.25) is 0 Å². The molecule has 0 spiro atoms. The molecule has 0 radical (unpaired) electrons. The molecule has 1 aliphatic rings. The molecule has 3 N–H and O–H groups in total. The summed E-state index contributed by atoms with van der Waals surface area (Å²) in [4.78, 5) is 8.78. The van der Waals surface area contributed by atoms with E-state index in [4.69, 9.17) is 4.74 Å². The standard InChI is InChI=1S/C14H24N4O2/c1-3-6-15-12-9-13(17-11(2)16-12)18-14(10-19)4-7-20-8-5-14/h9,19H,3-8,10H2,1-2H3,(H2,15,16,17,18). The highest BCUT2D eigenvalue weighted by Crippen LogP contribution is 2.25. The lowest BCUT2D eigenvalue weighted by Crippen LogP contribution is -2.47. The summed E-state index contributed by atoms with van der Waals surface area (Å²) in [6.07, 6.45) is 2.61. The Morgan fingerprint density at radius 1 is 1.30 bits per heavy atom. The van der Waals surface area contributed by atoms with Crippen molar-refractivity contribution in [3.63, 3.8) is 0 Å². The minimum absolute atomic E-state index is 0.0805. The van der Waals surface area contributed by atoms with Gasteiger partial charge in [-0.2, -0.15) is 0 Å². The van der Waals surface area contributed by atoms with E-state index in [-0.39, 0.29) is 12.1 Å². The van der Waals surface area contributed by atoms with Gasteiger partial charge in [0.15, 0.2) is 0 Å². The van der Waals surface area contributed by atoms with Crippen LogP contribution in [0.4, 0.5) is 11.6 Å². The molecule has 0 atom stereocenters. The summed E-state index contributed by atoms with van der Waals surface area (Å²) in [7, 11) is 0. The largest absolute Gasteiger partial charge is 0.394 e. The van der Waals surface area contributed by atoms with Crippen LogP contribution in [0.1, 0.15) is 32.0 Å². The van der Waals surface area contributed by atoms with Crippen LogP contribution in [-0.2, 0) is 4.74 Å². The van der Waals surface area contributed by atoms with Crippen molar-refractivity contribution in [2.45, 2.75) is 38.6 Å². The molecule has 0 saturated carbocycles. The van der Waals surface area contributed by atoms with E-state index in [1.165, 1.54) is 0 Å². The highest BCUT2D eigenvalue weighted by molar-refractivity contribution is 5.49. The van der Waals surface area contributed by atoms with Crippen LogP contribution in [0.15, 0.2) is 6.07 Å². The van der Waals surface area contributed by atoms with Gasteiger partial charge in [0.05, 0.1) is 12.1 Å². The lowest BCUT2D eigenvalue weighted by Gasteiger charge is -2.36. The van der Waals surface area contributed by atoms with E-state index in [9.17, 15) is 5.11 Å². The molecular formula is C14H24N4O2. The Morgan fingerprint density at radius 2 is 2.00 bits per heavy atom. The summed E-state index contributed by atoms with van der Waals surface area (Å²) in [6, 6.07) is 1.90. The Labute approximate surface area is 120 Å². The van der Waals surface area contributed by atoms with Crippen LogP contribution < -0.4 is 10.6 Å². The summed E-state index contributed by atoms with van der Waals surface area (Å²) in [5.74, 6) is 2.29. The number of nitrogens with zero attached hydrogens (tertiary/aromatic N) is 2. The van der Waals surface area contributed by atoms with Gasteiger partial charge in [-0.25, -0.2) is 9.97 Å². The van der Waals surface area contributed by atoms with Crippen molar-refractivity contribution in [1.82, 2.24) is 9.97 Å². The minimum atomic E-state index is -0.332. The zero-order valence-corrected chi connectivity index (χ0v) is 12.3. The van der Waals surface area contributed by atoms with E-state index in [2.05, 4.69) is 27.5 Å². The molecule has 0 unspecified atom stereocenters. The molecule has 0 aliphatic carbocycles. The molecule has 0 amide bonds. The maximum absolute atomic E-state index is 9.71. The van der Waals surface area contributed by atoms with E-state index >= 15 is 0 Å². The lowest BCUT2D eigenvalue weighted by molar-refractivity contribution is 0.0378. The topological polar surface area (TPSA) is 79.3 Å². The third-order valence-electron chi connectivity index (χ3n) is 3.54. The van der Waals surface area contributed by atoms with Gasteiger partial charge < -0.3 is 20.5 Å². The van der Waals surface area contributed by atoms with Gasteiger partial charge in [0.25, 0.3) is 0 Å². The van der Waals surface area contributed by atoms with Crippen LogP contribution >= 0.6 is 0 Å². The molecule has 6 nitrogen and oxygen atoms in total. The number of aromatic nitrogens is 2. The maximum Gasteiger partial charge on any atom is 0.132 e. The Morgan fingerprint density at radius 3 is 2.65 bits per heavy atom. The number of hydrogen-bond donors (Lipinski definition) is 3. The fourth-order valence-corrected chi connectivity index (χ4v) is 2.33. The summed E-state index contributed by atoms with van der Waals surface area (Å²) in [5, 5.41) is 16.4. The van der Waals surface area contributed by atoms with Gasteiger partial charge in [0, 0.05) is 25.8 Å². The van der Waals surface area contributed by atoms with Gasteiger partial charge >= 0.3 is 0 Å². The Balaban J connectivity index is 2.12. The molecule has 1 aromatic heterocycles. The zero-order valence-electron chi connectivity index (χ0n) is 12.3. The van der Waals surface area contributed by atoms with E-state index < -0.39 is 0 Å². The number of aliphatic hydroxyl groups excluding tert-OH is 1. The monoisotopic (exact) mass is 280 g/mol. The first-order chi connectivity index (χ1) is 9.67. The van der Waals surface area contributed by atoms with E-state index in [0.717, 1.165) is 37.4 Å². The number of aryl methyl sites for hydroxylation is 1. The number of hydrogen-bond acceptors (Lipinski definition) is 6. The van der Waals surface area contributed by atoms with Gasteiger partial charge in [-0.05, 0) is 26.2 Å². The molecule has 1 fully saturated rings. The number of rotatable bonds is 6. The number of nitrogens with one attached hydrogen (secondary N) is 2. The van der Waals surface area contributed by atoms with Crippen molar-refractivity contribution in [2.24, 2.45) is 0 Å². The van der Waals surface area contributed by atoms with E-state index in [0.29, 0.717) is 19.0 Å². The summed E-state index contributed by atoms with van der Waals surface area (Å²) < 4.78 is 5.37. The highest BCUT2D eigenvalue weighted by atomic mass is 16.5. The predicted octanol–water partition coefficient (Wildman–Crippen LogP) is 1.56. The average molecular weight is 280 g/mol. The highest BCUT2D eigenvalue weighted by Gasteiger charge is 2.32. The Kier molecular flexibility index (Phi) is 5.14. The molecule has 1 aliphatic heterocycles. The van der Waals surface area contributed by atoms with Crippen LogP contribution in [0.3, 0.4) is 0 Å². The molecule has 0 bridgehead atoms. The van der Waals surface area contributed by atoms with Gasteiger partial charge in [0.2, 0.25) is 0 Å². The third-order valence-corrected chi connectivity index (χ3v) is 3.54. The van der Waals surface area contributed by atoms with E-state index in [1.54, 1.807) is 0 Å². The molecule has 112 valence electrons. The first kappa shape index (κ1) is 15.0. The van der Waals surface area contributed by atoms with Crippen LogP contribution in [0.2, 0.25) is 0 Å². The molecule has 0 aromatic carbocycles. The molecule has 1 saturated heterocycles. The van der Waals surface area contributed by atoms with Crippen molar-refractivity contribution in [1.29, 1.82) is 0 Å². The minimum Gasteiger partial charge on any atom is -0.394 e. The molecule has 20 heavy (non-hydrogen) atoms. The van der Waals surface area contributed by atoms with Crippen LogP contribution in [0.25, 0.3) is 0 Å². The molecule has 2 rings (SSSR count). The van der Waals surface area contributed by atoms with Crippen molar-refractivity contribution < 1.29 is 9.84 Å².